The summed E-state index contributed by atoms with van der Waals surface area (Å²) in [7, 11) is 4.32. The number of benzene rings is 2. The van der Waals surface area contributed by atoms with Crippen LogP contribution >= 0.6 is 15.9 Å². The van der Waals surface area contributed by atoms with Gasteiger partial charge in [0.05, 0.1) is 0 Å². The Bertz CT molecular complexity index is 666. The number of ether oxygens (including phenoxy) is 1. The van der Waals surface area contributed by atoms with E-state index in [0.29, 0.717) is 6.61 Å². The van der Waals surface area contributed by atoms with Crippen molar-refractivity contribution in [3.05, 3.63) is 63.6 Å². The number of hydrogen-bond donors (Lipinski definition) is 0. The van der Waals surface area contributed by atoms with Crippen LogP contribution in [-0.2, 0) is 19.4 Å². The molecule has 0 bridgehead atoms. The molecule has 24 heavy (non-hydrogen) atoms. The monoisotopic (exact) mass is 387 g/mol. The predicted molar refractivity (Wildman–Crippen MR) is 104 cm³/mol. The summed E-state index contributed by atoms with van der Waals surface area (Å²) < 4.78 is 7.08. The van der Waals surface area contributed by atoms with Gasteiger partial charge in [0.1, 0.15) is 12.4 Å². The summed E-state index contributed by atoms with van der Waals surface area (Å²) in [5, 5.41) is 0. The highest BCUT2D eigenvalue weighted by Gasteiger charge is 2.19. The van der Waals surface area contributed by atoms with Crippen molar-refractivity contribution in [3.8, 4) is 5.75 Å². The molecule has 0 radical (unpaired) electrons. The lowest BCUT2D eigenvalue weighted by atomic mass is 9.82. The summed E-state index contributed by atoms with van der Waals surface area (Å²) in [6, 6.07) is 14.9. The molecule has 2 aromatic carbocycles. The average Bonchev–Trinajstić information content (AvgIpc) is 2.59. The Labute approximate surface area is 154 Å². The first-order valence-electron chi connectivity index (χ1n) is 8.74. The second kappa shape index (κ2) is 8.17. The first kappa shape index (κ1) is 17.5. The van der Waals surface area contributed by atoms with E-state index in [9.17, 15) is 0 Å². The van der Waals surface area contributed by atoms with Gasteiger partial charge in [0.25, 0.3) is 0 Å². The highest BCUT2D eigenvalue weighted by molar-refractivity contribution is 9.10. The van der Waals surface area contributed by atoms with Gasteiger partial charge in [-0.1, -0.05) is 34.1 Å². The van der Waals surface area contributed by atoms with Gasteiger partial charge in [-0.3, -0.25) is 0 Å². The molecule has 0 aromatic heterocycles. The van der Waals surface area contributed by atoms with Gasteiger partial charge in [0.15, 0.2) is 0 Å². The second-order valence-corrected chi connectivity index (χ2v) is 7.96. The van der Waals surface area contributed by atoms with Gasteiger partial charge in [0, 0.05) is 4.47 Å². The van der Waals surface area contributed by atoms with E-state index in [-0.39, 0.29) is 0 Å². The minimum Gasteiger partial charge on any atom is -0.489 e. The molecule has 0 amide bonds. The summed E-state index contributed by atoms with van der Waals surface area (Å²) in [6.07, 6.45) is 5.00. The van der Waals surface area contributed by atoms with Crippen LogP contribution in [0.4, 0.5) is 0 Å². The molecule has 0 spiro atoms. The Balaban J connectivity index is 1.57. The molecule has 2 nitrogen and oxygen atoms in total. The van der Waals surface area contributed by atoms with Crippen molar-refractivity contribution < 1.29 is 4.74 Å². The summed E-state index contributed by atoms with van der Waals surface area (Å²) in [4.78, 5) is 2.29. The molecule has 1 unspecified atom stereocenters. The standard InChI is InChI=1S/C21H26BrNO/c1-23(2)12-11-16-3-6-19-14-21(10-7-18(19)13-16)24-15-17-4-8-20(22)9-5-17/h4-5,7-10,14,16H,3,6,11-13,15H2,1-2H3. The smallest absolute Gasteiger partial charge is 0.120 e. The fourth-order valence-electron chi connectivity index (χ4n) is 3.33. The van der Waals surface area contributed by atoms with Crippen LogP contribution in [0.15, 0.2) is 46.9 Å². The Morgan fingerprint density at radius 1 is 1.08 bits per heavy atom. The van der Waals surface area contributed by atoms with Crippen LogP contribution < -0.4 is 4.74 Å². The Morgan fingerprint density at radius 3 is 2.62 bits per heavy atom. The molecule has 1 aliphatic rings. The van der Waals surface area contributed by atoms with Crippen LogP contribution in [-0.4, -0.2) is 25.5 Å². The third-order valence-corrected chi connectivity index (χ3v) is 5.34. The lowest BCUT2D eigenvalue weighted by molar-refractivity contribution is 0.304. The van der Waals surface area contributed by atoms with Crippen molar-refractivity contribution in [2.24, 2.45) is 5.92 Å². The molecular formula is C21H26BrNO. The van der Waals surface area contributed by atoms with Crippen molar-refractivity contribution in [2.45, 2.75) is 32.3 Å². The van der Waals surface area contributed by atoms with Crippen LogP contribution in [0.1, 0.15) is 29.5 Å². The van der Waals surface area contributed by atoms with Crippen molar-refractivity contribution in [1.29, 1.82) is 0 Å². The molecule has 0 fully saturated rings. The average molecular weight is 388 g/mol. The minimum absolute atomic E-state index is 0.623. The Morgan fingerprint density at radius 2 is 1.88 bits per heavy atom. The fraction of sp³-hybridized carbons (Fsp3) is 0.429. The van der Waals surface area contributed by atoms with Gasteiger partial charge in [-0.15, -0.1) is 0 Å². The number of aryl methyl sites for hydroxylation is 1. The highest BCUT2D eigenvalue weighted by Crippen LogP contribution is 2.30. The third-order valence-electron chi connectivity index (χ3n) is 4.81. The fourth-order valence-corrected chi connectivity index (χ4v) is 3.60. The molecule has 0 saturated carbocycles. The van der Waals surface area contributed by atoms with E-state index < -0.39 is 0 Å². The molecule has 2 aromatic rings. The van der Waals surface area contributed by atoms with E-state index in [2.05, 4.69) is 77.4 Å². The Kier molecular flexibility index (Phi) is 5.96. The molecule has 3 heteroatoms. The molecule has 0 heterocycles. The summed E-state index contributed by atoms with van der Waals surface area (Å²) in [6.45, 7) is 1.81. The topological polar surface area (TPSA) is 12.5 Å². The quantitative estimate of drug-likeness (QED) is 0.684. The van der Waals surface area contributed by atoms with Crippen LogP contribution in [0.2, 0.25) is 0 Å². The van der Waals surface area contributed by atoms with Crippen molar-refractivity contribution >= 4 is 15.9 Å². The first-order valence-corrected chi connectivity index (χ1v) is 9.53. The van der Waals surface area contributed by atoms with E-state index in [0.717, 1.165) is 16.1 Å². The van der Waals surface area contributed by atoms with E-state index in [1.165, 1.54) is 48.9 Å². The molecular weight excluding hydrogens is 362 g/mol. The zero-order valence-electron chi connectivity index (χ0n) is 14.6. The zero-order valence-corrected chi connectivity index (χ0v) is 16.2. The van der Waals surface area contributed by atoms with Crippen LogP contribution in [0.3, 0.4) is 0 Å². The van der Waals surface area contributed by atoms with Gasteiger partial charge < -0.3 is 9.64 Å². The number of halogens is 1. The van der Waals surface area contributed by atoms with Crippen molar-refractivity contribution in [3.63, 3.8) is 0 Å². The van der Waals surface area contributed by atoms with Crippen LogP contribution in [0.5, 0.6) is 5.75 Å². The third kappa shape index (κ3) is 4.84. The number of rotatable bonds is 6. The second-order valence-electron chi connectivity index (χ2n) is 7.05. The normalized spacial score (nSPS) is 16.9. The molecule has 0 saturated heterocycles. The van der Waals surface area contributed by atoms with Crippen molar-refractivity contribution in [1.82, 2.24) is 4.90 Å². The van der Waals surface area contributed by atoms with Gasteiger partial charge in [-0.05, 0) is 93.2 Å². The lowest BCUT2D eigenvalue weighted by Crippen LogP contribution is -2.21. The maximum Gasteiger partial charge on any atom is 0.120 e. The Hall–Kier alpha value is -1.32. The number of nitrogens with zero attached hydrogens (tertiary/aromatic N) is 1. The summed E-state index contributed by atoms with van der Waals surface area (Å²) in [5.74, 6) is 1.82. The van der Waals surface area contributed by atoms with Crippen LogP contribution in [0, 0.1) is 5.92 Å². The van der Waals surface area contributed by atoms with E-state index in [1.807, 2.05) is 0 Å². The van der Waals surface area contributed by atoms with Gasteiger partial charge >= 0.3 is 0 Å². The van der Waals surface area contributed by atoms with Gasteiger partial charge in [-0.25, -0.2) is 0 Å². The molecule has 3 rings (SSSR count). The highest BCUT2D eigenvalue weighted by atomic mass is 79.9. The maximum absolute atomic E-state index is 5.98. The molecule has 0 N–H and O–H groups in total. The molecule has 1 atom stereocenters. The van der Waals surface area contributed by atoms with Crippen LogP contribution in [0.25, 0.3) is 0 Å². The zero-order chi connectivity index (χ0) is 16.9. The largest absolute Gasteiger partial charge is 0.489 e. The van der Waals surface area contributed by atoms with E-state index >= 15 is 0 Å². The summed E-state index contributed by atoms with van der Waals surface area (Å²) >= 11 is 3.46. The molecule has 128 valence electrons. The maximum atomic E-state index is 5.98. The minimum atomic E-state index is 0.623. The van der Waals surface area contributed by atoms with E-state index in [1.54, 1.807) is 0 Å². The van der Waals surface area contributed by atoms with Gasteiger partial charge in [-0.2, -0.15) is 0 Å². The summed E-state index contributed by atoms with van der Waals surface area (Å²) in [5.41, 5.74) is 4.19. The first-order chi connectivity index (χ1) is 11.6. The van der Waals surface area contributed by atoms with Gasteiger partial charge in [0.2, 0.25) is 0 Å². The molecule has 0 aliphatic heterocycles. The number of hydrogen-bond acceptors (Lipinski definition) is 2. The predicted octanol–water partition coefficient (Wildman–Crippen LogP) is 5.08. The van der Waals surface area contributed by atoms with Crippen molar-refractivity contribution in [2.75, 3.05) is 20.6 Å². The molecule has 1 aliphatic carbocycles. The number of fused-ring (bicyclic) bond motifs is 1. The van der Waals surface area contributed by atoms with E-state index in [4.69, 9.17) is 4.74 Å². The lowest BCUT2D eigenvalue weighted by Gasteiger charge is -2.26. The SMILES string of the molecule is CN(C)CCC1CCc2cc(OCc3ccc(Br)cc3)ccc2C1.